The topological polar surface area (TPSA) is 21.6 Å². The summed E-state index contributed by atoms with van der Waals surface area (Å²) in [5.74, 6) is 2.87. The van der Waals surface area contributed by atoms with E-state index in [-0.39, 0.29) is 0 Å². The lowest BCUT2D eigenvalue weighted by Crippen LogP contribution is -2.06. The number of benzene rings is 1. The summed E-state index contributed by atoms with van der Waals surface area (Å²) in [5, 5.41) is 0. The highest BCUT2D eigenvalue weighted by Crippen LogP contribution is 2.30. The first-order valence-corrected chi connectivity index (χ1v) is 8.82. The summed E-state index contributed by atoms with van der Waals surface area (Å²) in [5.41, 5.74) is 2.42. The van der Waals surface area contributed by atoms with Crippen LogP contribution in [0.5, 0.6) is 0 Å². The smallest absolute Gasteiger partial charge is 0.130 e. The van der Waals surface area contributed by atoms with Crippen molar-refractivity contribution in [3.8, 4) is 0 Å². The summed E-state index contributed by atoms with van der Waals surface area (Å²) in [4.78, 5) is 4.66. The van der Waals surface area contributed by atoms with Gasteiger partial charge in [0.1, 0.15) is 4.38 Å². The van der Waals surface area contributed by atoms with Crippen molar-refractivity contribution in [3.05, 3.63) is 29.8 Å². The maximum Gasteiger partial charge on any atom is 0.130 e. The van der Waals surface area contributed by atoms with Crippen molar-refractivity contribution < 1.29 is 4.74 Å². The van der Waals surface area contributed by atoms with Gasteiger partial charge in [-0.3, -0.25) is 0 Å². The van der Waals surface area contributed by atoms with Gasteiger partial charge in [-0.05, 0) is 31.0 Å². The van der Waals surface area contributed by atoms with Crippen LogP contribution in [0.25, 0.3) is 0 Å². The molecule has 1 aliphatic heterocycles. The Kier molecular flexibility index (Phi) is 6.28. The highest BCUT2D eigenvalue weighted by molar-refractivity contribution is 8.41. The van der Waals surface area contributed by atoms with Crippen molar-refractivity contribution in [1.82, 2.24) is 0 Å². The maximum atomic E-state index is 5.54. The molecule has 2 rings (SSSR count). The predicted molar refractivity (Wildman–Crippen MR) is 88.0 cm³/mol. The summed E-state index contributed by atoms with van der Waals surface area (Å²) in [6, 6.07) is 8.63. The minimum Gasteiger partial charge on any atom is -0.381 e. The SMILES string of the molecule is CCOCC(CC)c1ccc(N=C2SCCS2)cc1. The number of nitrogens with zero attached hydrogens (tertiary/aromatic N) is 1. The molecule has 19 heavy (non-hydrogen) atoms. The van der Waals surface area contributed by atoms with E-state index in [1.165, 1.54) is 21.4 Å². The molecule has 1 unspecified atom stereocenters. The second-order valence-corrected chi connectivity index (χ2v) is 6.86. The fraction of sp³-hybridized carbons (Fsp3) is 0.533. The van der Waals surface area contributed by atoms with E-state index >= 15 is 0 Å². The van der Waals surface area contributed by atoms with Crippen molar-refractivity contribution in [2.75, 3.05) is 24.7 Å². The summed E-state index contributed by atoms with van der Waals surface area (Å²) in [6.07, 6.45) is 1.11. The number of hydrogen-bond donors (Lipinski definition) is 0. The number of ether oxygens (including phenoxy) is 1. The van der Waals surface area contributed by atoms with E-state index in [4.69, 9.17) is 4.74 Å². The van der Waals surface area contributed by atoms with Crippen LogP contribution in [0.1, 0.15) is 31.7 Å². The van der Waals surface area contributed by atoms with Gasteiger partial charge in [0.2, 0.25) is 0 Å². The van der Waals surface area contributed by atoms with Crippen LogP contribution < -0.4 is 0 Å². The quantitative estimate of drug-likeness (QED) is 0.760. The Morgan fingerprint density at radius 1 is 1.16 bits per heavy atom. The van der Waals surface area contributed by atoms with Crippen LogP contribution in [0.4, 0.5) is 5.69 Å². The average molecular weight is 295 g/mol. The first-order valence-electron chi connectivity index (χ1n) is 6.85. The van der Waals surface area contributed by atoms with Crippen molar-refractivity contribution in [2.24, 2.45) is 4.99 Å². The molecule has 1 aliphatic rings. The van der Waals surface area contributed by atoms with Crippen LogP contribution in [0, 0.1) is 0 Å². The van der Waals surface area contributed by atoms with E-state index in [9.17, 15) is 0 Å². The van der Waals surface area contributed by atoms with Gasteiger partial charge in [0.05, 0.1) is 12.3 Å². The van der Waals surface area contributed by atoms with Crippen LogP contribution in [-0.2, 0) is 4.74 Å². The van der Waals surface area contributed by atoms with E-state index in [0.29, 0.717) is 5.92 Å². The Labute approximate surface area is 124 Å². The van der Waals surface area contributed by atoms with Crippen molar-refractivity contribution >= 4 is 33.6 Å². The van der Waals surface area contributed by atoms with E-state index in [2.05, 4.69) is 36.2 Å². The van der Waals surface area contributed by atoms with Gasteiger partial charge in [-0.15, -0.1) is 0 Å². The molecule has 1 saturated heterocycles. The van der Waals surface area contributed by atoms with Crippen LogP contribution >= 0.6 is 23.5 Å². The molecule has 1 heterocycles. The van der Waals surface area contributed by atoms with Gasteiger partial charge in [0.15, 0.2) is 0 Å². The zero-order valence-electron chi connectivity index (χ0n) is 11.6. The number of hydrogen-bond acceptors (Lipinski definition) is 4. The average Bonchev–Trinajstić information content (AvgIpc) is 2.94. The minimum atomic E-state index is 0.497. The maximum absolute atomic E-state index is 5.54. The van der Waals surface area contributed by atoms with Crippen LogP contribution in [-0.4, -0.2) is 29.1 Å². The Bertz CT molecular complexity index is 409. The van der Waals surface area contributed by atoms with Crippen LogP contribution in [0.3, 0.4) is 0 Å². The lowest BCUT2D eigenvalue weighted by atomic mass is 9.97. The van der Waals surface area contributed by atoms with E-state index < -0.39 is 0 Å². The largest absolute Gasteiger partial charge is 0.381 e. The molecule has 2 nitrogen and oxygen atoms in total. The highest BCUT2D eigenvalue weighted by Gasteiger charge is 2.11. The molecule has 0 aliphatic carbocycles. The molecule has 1 atom stereocenters. The van der Waals surface area contributed by atoms with Crippen LogP contribution in [0.2, 0.25) is 0 Å². The number of aliphatic imine (C=N–C) groups is 1. The Morgan fingerprint density at radius 3 is 2.42 bits per heavy atom. The summed E-state index contributed by atoms with van der Waals surface area (Å²) in [7, 11) is 0. The molecule has 104 valence electrons. The summed E-state index contributed by atoms with van der Waals surface area (Å²) in [6.45, 7) is 5.86. The van der Waals surface area contributed by atoms with E-state index in [0.717, 1.165) is 25.3 Å². The molecule has 0 radical (unpaired) electrons. The molecule has 0 aromatic heterocycles. The third-order valence-corrected chi connectivity index (χ3v) is 5.59. The van der Waals surface area contributed by atoms with Gasteiger partial charge in [0, 0.05) is 24.0 Å². The molecule has 1 aromatic rings. The van der Waals surface area contributed by atoms with Crippen molar-refractivity contribution in [2.45, 2.75) is 26.2 Å². The number of rotatable bonds is 6. The zero-order valence-corrected chi connectivity index (χ0v) is 13.2. The molecule has 0 spiro atoms. The van der Waals surface area contributed by atoms with Gasteiger partial charge in [0.25, 0.3) is 0 Å². The standard InChI is InChI=1S/C15H21NOS2/c1-3-12(11-17-4-2)13-5-7-14(8-6-13)16-15-18-9-10-19-15/h5-8,12H,3-4,9-11H2,1-2H3. The van der Waals surface area contributed by atoms with Gasteiger partial charge in [-0.1, -0.05) is 42.6 Å². The molecule has 1 fully saturated rings. The zero-order chi connectivity index (χ0) is 13.5. The lowest BCUT2D eigenvalue weighted by Gasteiger charge is -2.15. The third kappa shape index (κ3) is 4.55. The first kappa shape index (κ1) is 14.9. The Hall–Kier alpha value is -0.450. The molecule has 0 saturated carbocycles. The molecule has 4 heteroatoms. The Balaban J connectivity index is 2.02. The number of thioether (sulfide) groups is 2. The normalized spacial score (nSPS) is 16.6. The monoisotopic (exact) mass is 295 g/mol. The van der Waals surface area contributed by atoms with Gasteiger partial charge in [-0.2, -0.15) is 0 Å². The second kappa shape index (κ2) is 7.98. The van der Waals surface area contributed by atoms with E-state index in [1.807, 2.05) is 30.4 Å². The lowest BCUT2D eigenvalue weighted by molar-refractivity contribution is 0.131. The van der Waals surface area contributed by atoms with Crippen molar-refractivity contribution in [1.29, 1.82) is 0 Å². The first-order chi connectivity index (χ1) is 9.33. The van der Waals surface area contributed by atoms with Gasteiger partial charge in [-0.25, -0.2) is 4.99 Å². The molecule has 0 amide bonds. The second-order valence-electron chi connectivity index (χ2n) is 4.43. The van der Waals surface area contributed by atoms with Crippen molar-refractivity contribution in [3.63, 3.8) is 0 Å². The Morgan fingerprint density at radius 2 is 1.84 bits per heavy atom. The summed E-state index contributed by atoms with van der Waals surface area (Å²) >= 11 is 3.71. The van der Waals surface area contributed by atoms with E-state index in [1.54, 1.807) is 0 Å². The fourth-order valence-electron chi connectivity index (χ4n) is 2.00. The van der Waals surface area contributed by atoms with Crippen LogP contribution in [0.15, 0.2) is 29.3 Å². The molecule has 0 N–H and O–H groups in total. The molecular formula is C15H21NOS2. The molecule has 1 aromatic carbocycles. The highest BCUT2D eigenvalue weighted by atomic mass is 32.2. The third-order valence-electron chi connectivity index (χ3n) is 3.14. The van der Waals surface area contributed by atoms with Gasteiger partial charge < -0.3 is 4.74 Å². The van der Waals surface area contributed by atoms with Gasteiger partial charge >= 0.3 is 0 Å². The fourth-order valence-corrected chi connectivity index (χ4v) is 4.19. The predicted octanol–water partition coefficient (Wildman–Crippen LogP) is 4.68. The molecular weight excluding hydrogens is 274 g/mol. The summed E-state index contributed by atoms with van der Waals surface area (Å²) < 4.78 is 6.75. The minimum absolute atomic E-state index is 0.497. The molecule has 0 bridgehead atoms.